The molecule has 2 heterocycles. The molecule has 24 heavy (non-hydrogen) atoms. The Labute approximate surface area is 141 Å². The molecular weight excluding hydrogens is 302 g/mol. The highest BCUT2D eigenvalue weighted by molar-refractivity contribution is 6.07. The maximum absolute atomic E-state index is 13.1. The number of aromatic nitrogens is 1. The number of hydrogen-bond donors (Lipinski definition) is 1. The predicted molar refractivity (Wildman–Crippen MR) is 94.6 cm³/mol. The lowest BCUT2D eigenvalue weighted by Gasteiger charge is -2.36. The fourth-order valence-electron chi connectivity index (χ4n) is 3.48. The van der Waals surface area contributed by atoms with Crippen molar-refractivity contribution in [1.82, 2.24) is 9.47 Å². The Morgan fingerprint density at radius 2 is 2.08 bits per heavy atom. The quantitative estimate of drug-likeness (QED) is 0.878. The number of benzene rings is 1. The lowest BCUT2D eigenvalue weighted by Crippen LogP contribution is -2.48. The number of para-hydroxylation sites is 1. The molecule has 0 unspecified atom stereocenters. The van der Waals surface area contributed by atoms with Crippen molar-refractivity contribution < 1.29 is 9.59 Å². The van der Waals surface area contributed by atoms with E-state index >= 15 is 0 Å². The Hall–Kier alpha value is -2.56. The molecule has 2 N–H and O–H groups in total. The van der Waals surface area contributed by atoms with Crippen molar-refractivity contribution >= 4 is 22.7 Å². The number of rotatable bonds is 4. The van der Waals surface area contributed by atoms with Crippen molar-refractivity contribution in [2.75, 3.05) is 6.54 Å². The summed E-state index contributed by atoms with van der Waals surface area (Å²) in [7, 11) is 0. The van der Waals surface area contributed by atoms with Gasteiger partial charge in [-0.15, -0.1) is 6.58 Å². The standard InChI is InChI=1S/C19H23N3O2/c1-3-10-21-12-16(15-6-4-5-7-17(15)21)19(24)22-11-14(18(20)23)9-8-13(22)2/h3-7,12-14H,1,8-11H2,2H3,(H2,20,23)/t13-,14-/m0/s1. The van der Waals surface area contributed by atoms with Crippen LogP contribution in [0, 0.1) is 5.92 Å². The van der Waals surface area contributed by atoms with E-state index in [4.69, 9.17) is 5.73 Å². The Morgan fingerprint density at radius 1 is 1.33 bits per heavy atom. The van der Waals surface area contributed by atoms with Gasteiger partial charge in [0.1, 0.15) is 0 Å². The number of nitrogens with two attached hydrogens (primary N) is 1. The molecule has 0 spiro atoms. The van der Waals surface area contributed by atoms with Crippen molar-refractivity contribution in [3.05, 3.63) is 48.7 Å². The Morgan fingerprint density at radius 3 is 2.79 bits per heavy atom. The highest BCUT2D eigenvalue weighted by Gasteiger charge is 2.33. The van der Waals surface area contributed by atoms with Gasteiger partial charge in [0.25, 0.3) is 5.91 Å². The van der Waals surface area contributed by atoms with E-state index in [0.29, 0.717) is 18.7 Å². The van der Waals surface area contributed by atoms with E-state index in [9.17, 15) is 9.59 Å². The van der Waals surface area contributed by atoms with Crippen molar-refractivity contribution in [2.24, 2.45) is 11.7 Å². The van der Waals surface area contributed by atoms with Crippen LogP contribution < -0.4 is 5.73 Å². The number of nitrogens with zero attached hydrogens (tertiary/aromatic N) is 2. The van der Waals surface area contributed by atoms with Crippen LogP contribution in [0.3, 0.4) is 0 Å². The summed E-state index contributed by atoms with van der Waals surface area (Å²) in [5, 5.41) is 0.928. The minimum absolute atomic E-state index is 0.0348. The summed E-state index contributed by atoms with van der Waals surface area (Å²) in [6.07, 6.45) is 5.24. The average molecular weight is 325 g/mol. The summed E-state index contributed by atoms with van der Waals surface area (Å²) in [6.45, 7) is 6.85. The lowest BCUT2D eigenvalue weighted by molar-refractivity contribution is -0.123. The molecule has 1 fully saturated rings. The summed E-state index contributed by atoms with van der Waals surface area (Å²) in [5.74, 6) is -0.618. The van der Waals surface area contributed by atoms with Crippen LogP contribution in [0.1, 0.15) is 30.1 Å². The third-order valence-corrected chi connectivity index (χ3v) is 4.89. The molecule has 0 aliphatic carbocycles. The first-order valence-corrected chi connectivity index (χ1v) is 8.32. The summed E-state index contributed by atoms with van der Waals surface area (Å²) >= 11 is 0. The second-order valence-corrected chi connectivity index (χ2v) is 6.48. The molecule has 1 aromatic carbocycles. The Bertz CT molecular complexity index is 793. The smallest absolute Gasteiger partial charge is 0.256 e. The monoisotopic (exact) mass is 325 g/mol. The van der Waals surface area contributed by atoms with E-state index < -0.39 is 0 Å². The molecule has 2 aromatic rings. The molecule has 3 rings (SSSR count). The predicted octanol–water partition coefficient (Wildman–Crippen LogP) is 2.55. The van der Waals surface area contributed by atoms with Gasteiger partial charge in [-0.25, -0.2) is 0 Å². The molecule has 1 aliphatic heterocycles. The minimum Gasteiger partial charge on any atom is -0.369 e. The Balaban J connectivity index is 1.98. The number of fused-ring (bicyclic) bond motifs is 1. The number of primary amides is 1. The zero-order chi connectivity index (χ0) is 17.3. The van der Waals surface area contributed by atoms with Gasteiger partial charge < -0.3 is 15.2 Å². The first-order chi connectivity index (χ1) is 11.5. The molecule has 2 amide bonds. The number of amides is 2. The van der Waals surface area contributed by atoms with Gasteiger partial charge in [-0.2, -0.15) is 0 Å². The van der Waals surface area contributed by atoms with Gasteiger partial charge in [0.15, 0.2) is 0 Å². The number of carbonyl (C=O) groups excluding carboxylic acids is 2. The summed E-state index contributed by atoms with van der Waals surface area (Å²) in [6, 6.07) is 7.96. The fourth-order valence-corrected chi connectivity index (χ4v) is 3.48. The van der Waals surface area contributed by atoms with Crippen LogP contribution in [0.4, 0.5) is 0 Å². The van der Waals surface area contributed by atoms with E-state index in [1.807, 2.05) is 48.0 Å². The van der Waals surface area contributed by atoms with Gasteiger partial charge in [-0.1, -0.05) is 24.3 Å². The highest BCUT2D eigenvalue weighted by atomic mass is 16.2. The first kappa shape index (κ1) is 16.3. The molecule has 0 bridgehead atoms. The van der Waals surface area contributed by atoms with Crippen LogP contribution in [0.2, 0.25) is 0 Å². The van der Waals surface area contributed by atoms with Crippen LogP contribution >= 0.6 is 0 Å². The second kappa shape index (κ2) is 6.51. The first-order valence-electron chi connectivity index (χ1n) is 8.32. The zero-order valence-electron chi connectivity index (χ0n) is 13.9. The average Bonchev–Trinajstić information content (AvgIpc) is 2.94. The number of allylic oxidation sites excluding steroid dienone is 1. The Kier molecular flexibility index (Phi) is 4.42. The second-order valence-electron chi connectivity index (χ2n) is 6.48. The third-order valence-electron chi connectivity index (χ3n) is 4.89. The van der Waals surface area contributed by atoms with E-state index in [1.54, 1.807) is 4.90 Å². The molecule has 0 radical (unpaired) electrons. The van der Waals surface area contributed by atoms with Gasteiger partial charge in [0.05, 0.1) is 11.5 Å². The van der Waals surface area contributed by atoms with Crippen molar-refractivity contribution in [3.63, 3.8) is 0 Å². The van der Waals surface area contributed by atoms with Gasteiger partial charge in [0, 0.05) is 36.2 Å². The fraction of sp³-hybridized carbons (Fsp3) is 0.368. The molecule has 1 aromatic heterocycles. The normalized spacial score (nSPS) is 21.0. The van der Waals surface area contributed by atoms with Crippen molar-refractivity contribution in [1.29, 1.82) is 0 Å². The molecule has 5 heteroatoms. The van der Waals surface area contributed by atoms with Crippen molar-refractivity contribution in [2.45, 2.75) is 32.4 Å². The molecule has 5 nitrogen and oxygen atoms in total. The van der Waals surface area contributed by atoms with Gasteiger partial charge in [0.2, 0.25) is 5.91 Å². The summed E-state index contributed by atoms with van der Waals surface area (Å²) in [5.41, 5.74) is 7.14. The summed E-state index contributed by atoms with van der Waals surface area (Å²) in [4.78, 5) is 26.5. The maximum atomic E-state index is 13.1. The third kappa shape index (κ3) is 2.82. The summed E-state index contributed by atoms with van der Waals surface area (Å²) < 4.78 is 2.02. The van der Waals surface area contributed by atoms with E-state index in [1.165, 1.54) is 0 Å². The largest absolute Gasteiger partial charge is 0.369 e. The van der Waals surface area contributed by atoms with E-state index in [-0.39, 0.29) is 23.8 Å². The van der Waals surface area contributed by atoms with Gasteiger partial charge in [-0.3, -0.25) is 9.59 Å². The molecule has 126 valence electrons. The number of likely N-dealkylation sites (tertiary alicyclic amines) is 1. The van der Waals surface area contributed by atoms with Gasteiger partial charge >= 0.3 is 0 Å². The van der Waals surface area contributed by atoms with E-state index in [0.717, 1.165) is 23.7 Å². The number of carbonyl (C=O) groups is 2. The number of piperidine rings is 1. The highest BCUT2D eigenvalue weighted by Crippen LogP contribution is 2.27. The van der Waals surface area contributed by atoms with Crippen LogP contribution in [0.25, 0.3) is 10.9 Å². The van der Waals surface area contributed by atoms with Crippen LogP contribution in [-0.2, 0) is 11.3 Å². The molecular formula is C19H23N3O2. The number of hydrogen-bond acceptors (Lipinski definition) is 2. The lowest BCUT2D eigenvalue weighted by atomic mass is 9.92. The molecule has 0 saturated carbocycles. The zero-order valence-corrected chi connectivity index (χ0v) is 13.9. The molecule has 1 saturated heterocycles. The van der Waals surface area contributed by atoms with Crippen LogP contribution in [0.5, 0.6) is 0 Å². The van der Waals surface area contributed by atoms with E-state index in [2.05, 4.69) is 6.58 Å². The topological polar surface area (TPSA) is 68.3 Å². The van der Waals surface area contributed by atoms with Gasteiger partial charge in [-0.05, 0) is 25.8 Å². The minimum atomic E-state index is -0.325. The van der Waals surface area contributed by atoms with Crippen LogP contribution in [0.15, 0.2) is 43.1 Å². The molecule has 2 atom stereocenters. The van der Waals surface area contributed by atoms with Crippen LogP contribution in [-0.4, -0.2) is 33.9 Å². The SMILES string of the molecule is C=CCn1cc(C(=O)N2C[C@@H](C(N)=O)CC[C@@H]2C)c2ccccc21. The maximum Gasteiger partial charge on any atom is 0.256 e. The molecule has 1 aliphatic rings. The van der Waals surface area contributed by atoms with Crippen molar-refractivity contribution in [3.8, 4) is 0 Å².